The number of aliphatic hydroxyl groups is 1. The molecule has 1 aromatic heterocycles. The van der Waals surface area contributed by atoms with E-state index in [1.807, 2.05) is 7.05 Å². The van der Waals surface area contributed by atoms with E-state index >= 15 is 0 Å². The van der Waals surface area contributed by atoms with E-state index in [0.29, 0.717) is 6.54 Å². The molecule has 5 nitrogen and oxygen atoms in total. The molecular formula is C13H24N4O. The molecular weight excluding hydrogens is 228 g/mol. The van der Waals surface area contributed by atoms with Gasteiger partial charge in [0.15, 0.2) is 5.82 Å². The van der Waals surface area contributed by atoms with Gasteiger partial charge in [-0.2, -0.15) is 5.10 Å². The fourth-order valence-corrected chi connectivity index (χ4v) is 2.58. The number of nitrogens with zero attached hydrogens (tertiary/aromatic N) is 3. The van der Waals surface area contributed by atoms with E-state index in [-0.39, 0.29) is 0 Å². The van der Waals surface area contributed by atoms with Gasteiger partial charge in [0.1, 0.15) is 6.33 Å². The number of nitrogens with one attached hydrogen (secondary N) is 1. The summed E-state index contributed by atoms with van der Waals surface area (Å²) in [5.41, 5.74) is -0.492. The Morgan fingerprint density at radius 3 is 2.67 bits per heavy atom. The predicted octanol–water partition coefficient (Wildman–Crippen LogP) is 1.03. The molecule has 1 aromatic rings. The summed E-state index contributed by atoms with van der Waals surface area (Å²) in [4.78, 5) is 4.18. The molecule has 1 saturated carbocycles. The fourth-order valence-electron chi connectivity index (χ4n) is 2.58. The molecule has 0 amide bonds. The first kappa shape index (κ1) is 13.5. The molecule has 0 aliphatic heterocycles. The van der Waals surface area contributed by atoms with Crippen LogP contribution >= 0.6 is 0 Å². The van der Waals surface area contributed by atoms with Gasteiger partial charge in [0.05, 0.1) is 5.60 Å². The minimum absolute atomic E-state index is 0.492. The van der Waals surface area contributed by atoms with Gasteiger partial charge in [-0.25, -0.2) is 4.98 Å². The van der Waals surface area contributed by atoms with Gasteiger partial charge < -0.3 is 10.4 Å². The third-order valence-corrected chi connectivity index (χ3v) is 3.66. The Hall–Kier alpha value is -0.940. The minimum Gasteiger partial charge on any atom is -0.389 e. The van der Waals surface area contributed by atoms with E-state index in [1.165, 1.54) is 12.8 Å². The van der Waals surface area contributed by atoms with Crippen molar-refractivity contribution in [1.29, 1.82) is 0 Å². The van der Waals surface area contributed by atoms with Gasteiger partial charge in [-0.3, -0.25) is 4.68 Å². The van der Waals surface area contributed by atoms with Crippen LogP contribution in [0.15, 0.2) is 6.33 Å². The molecule has 5 heteroatoms. The lowest BCUT2D eigenvalue weighted by molar-refractivity contribution is 0.0255. The van der Waals surface area contributed by atoms with Crippen molar-refractivity contribution in [2.45, 2.75) is 50.5 Å². The number of aryl methyl sites for hydroxylation is 1. The van der Waals surface area contributed by atoms with Crippen molar-refractivity contribution >= 4 is 0 Å². The van der Waals surface area contributed by atoms with Crippen molar-refractivity contribution in [2.75, 3.05) is 13.1 Å². The molecule has 2 N–H and O–H groups in total. The monoisotopic (exact) mass is 252 g/mol. The summed E-state index contributed by atoms with van der Waals surface area (Å²) < 4.78 is 1.72. The summed E-state index contributed by atoms with van der Waals surface area (Å²) in [5, 5.41) is 18.0. The Bertz CT molecular complexity index is 356. The van der Waals surface area contributed by atoms with Crippen LogP contribution in [0.2, 0.25) is 0 Å². The van der Waals surface area contributed by atoms with Crippen molar-refractivity contribution in [2.24, 2.45) is 7.05 Å². The van der Waals surface area contributed by atoms with Crippen LogP contribution in [0, 0.1) is 0 Å². The lowest BCUT2D eigenvalue weighted by atomic mass is 9.94. The third kappa shape index (κ3) is 4.07. The summed E-state index contributed by atoms with van der Waals surface area (Å²) in [6, 6.07) is 0. The largest absolute Gasteiger partial charge is 0.389 e. The Labute approximate surface area is 109 Å². The second kappa shape index (κ2) is 6.29. The SMILES string of the molecule is Cn1cnc(CCNCC2(O)CCCCCC2)n1. The lowest BCUT2D eigenvalue weighted by Gasteiger charge is -2.26. The normalized spacial score (nSPS) is 19.7. The molecule has 1 aliphatic carbocycles. The highest BCUT2D eigenvalue weighted by Gasteiger charge is 2.27. The molecule has 1 heterocycles. The van der Waals surface area contributed by atoms with Crippen LogP contribution < -0.4 is 5.32 Å². The molecule has 0 atom stereocenters. The van der Waals surface area contributed by atoms with Crippen molar-refractivity contribution in [3.8, 4) is 0 Å². The van der Waals surface area contributed by atoms with Crippen LogP contribution in [0.5, 0.6) is 0 Å². The van der Waals surface area contributed by atoms with E-state index in [1.54, 1.807) is 11.0 Å². The second-order valence-electron chi connectivity index (χ2n) is 5.40. The van der Waals surface area contributed by atoms with Crippen molar-refractivity contribution in [1.82, 2.24) is 20.1 Å². The minimum atomic E-state index is -0.492. The molecule has 0 unspecified atom stereocenters. The van der Waals surface area contributed by atoms with E-state index < -0.39 is 5.60 Å². The van der Waals surface area contributed by atoms with Crippen molar-refractivity contribution in [3.05, 3.63) is 12.2 Å². The van der Waals surface area contributed by atoms with Crippen LogP contribution in [0.1, 0.15) is 44.3 Å². The van der Waals surface area contributed by atoms with Gasteiger partial charge in [-0.15, -0.1) is 0 Å². The highest BCUT2D eigenvalue weighted by molar-refractivity contribution is 4.85. The van der Waals surface area contributed by atoms with E-state index in [2.05, 4.69) is 15.4 Å². The first-order valence-electron chi connectivity index (χ1n) is 6.96. The number of hydrogen-bond acceptors (Lipinski definition) is 4. The zero-order valence-electron chi connectivity index (χ0n) is 11.2. The van der Waals surface area contributed by atoms with Gasteiger partial charge >= 0.3 is 0 Å². The van der Waals surface area contributed by atoms with E-state index in [4.69, 9.17) is 0 Å². The summed E-state index contributed by atoms with van der Waals surface area (Å²) in [6.45, 7) is 1.52. The molecule has 18 heavy (non-hydrogen) atoms. The Balaban J connectivity index is 1.67. The summed E-state index contributed by atoms with van der Waals surface area (Å²) in [7, 11) is 1.87. The van der Waals surface area contributed by atoms with Crippen LogP contribution in [-0.2, 0) is 13.5 Å². The highest BCUT2D eigenvalue weighted by atomic mass is 16.3. The Kier molecular flexibility index (Phi) is 4.72. The smallest absolute Gasteiger partial charge is 0.151 e. The van der Waals surface area contributed by atoms with Crippen LogP contribution in [-0.4, -0.2) is 38.6 Å². The predicted molar refractivity (Wildman–Crippen MR) is 70.2 cm³/mol. The zero-order chi connectivity index (χ0) is 12.8. The summed E-state index contributed by atoms with van der Waals surface area (Å²) in [5.74, 6) is 0.859. The molecule has 1 fully saturated rings. The maximum atomic E-state index is 10.5. The summed E-state index contributed by atoms with van der Waals surface area (Å²) in [6.07, 6.45) is 9.23. The fraction of sp³-hybridized carbons (Fsp3) is 0.846. The topological polar surface area (TPSA) is 63.0 Å². The van der Waals surface area contributed by atoms with E-state index in [0.717, 1.165) is 44.5 Å². The third-order valence-electron chi connectivity index (χ3n) is 3.66. The van der Waals surface area contributed by atoms with Gasteiger partial charge in [-0.05, 0) is 12.8 Å². The van der Waals surface area contributed by atoms with Crippen molar-refractivity contribution in [3.63, 3.8) is 0 Å². The first-order chi connectivity index (χ1) is 8.68. The van der Waals surface area contributed by atoms with Crippen LogP contribution in [0.3, 0.4) is 0 Å². The molecule has 0 radical (unpaired) electrons. The number of hydrogen-bond donors (Lipinski definition) is 2. The molecule has 0 saturated heterocycles. The van der Waals surface area contributed by atoms with Gasteiger partial charge in [-0.1, -0.05) is 25.7 Å². The summed E-state index contributed by atoms with van der Waals surface area (Å²) >= 11 is 0. The number of aromatic nitrogens is 3. The van der Waals surface area contributed by atoms with E-state index in [9.17, 15) is 5.11 Å². The zero-order valence-corrected chi connectivity index (χ0v) is 11.2. The van der Waals surface area contributed by atoms with Crippen molar-refractivity contribution < 1.29 is 5.11 Å². The Morgan fingerprint density at radius 1 is 1.33 bits per heavy atom. The molecule has 102 valence electrons. The molecule has 1 aliphatic rings. The average molecular weight is 252 g/mol. The average Bonchev–Trinajstić information content (AvgIpc) is 2.63. The molecule has 2 rings (SSSR count). The maximum Gasteiger partial charge on any atom is 0.151 e. The quantitative estimate of drug-likeness (QED) is 0.607. The van der Waals surface area contributed by atoms with Gasteiger partial charge in [0, 0.05) is 26.6 Å². The Morgan fingerprint density at radius 2 is 2.06 bits per heavy atom. The molecule has 0 aromatic carbocycles. The van der Waals surface area contributed by atoms with Gasteiger partial charge in [0.25, 0.3) is 0 Å². The molecule has 0 bridgehead atoms. The lowest BCUT2D eigenvalue weighted by Crippen LogP contribution is -2.40. The standard InChI is InChI=1S/C13H24N4O/c1-17-11-15-12(16-17)6-9-14-10-13(18)7-4-2-3-5-8-13/h11,14,18H,2-10H2,1H3. The maximum absolute atomic E-state index is 10.5. The first-order valence-corrected chi connectivity index (χ1v) is 6.96. The second-order valence-corrected chi connectivity index (χ2v) is 5.40. The van der Waals surface area contributed by atoms with Gasteiger partial charge in [0.2, 0.25) is 0 Å². The van der Waals surface area contributed by atoms with Crippen LogP contribution in [0.4, 0.5) is 0 Å². The number of rotatable bonds is 5. The molecule has 0 spiro atoms. The van der Waals surface area contributed by atoms with Crippen LogP contribution in [0.25, 0.3) is 0 Å². The highest BCUT2D eigenvalue weighted by Crippen LogP contribution is 2.26.